The Labute approximate surface area is 151 Å². The van der Waals surface area contributed by atoms with Crippen molar-refractivity contribution < 1.29 is 4.79 Å². The van der Waals surface area contributed by atoms with E-state index in [4.69, 9.17) is 0 Å². The average molecular weight is 339 g/mol. The van der Waals surface area contributed by atoms with Gasteiger partial charge >= 0.3 is 0 Å². The number of rotatable bonds is 6. The van der Waals surface area contributed by atoms with Crippen LogP contribution in [0.4, 0.5) is 5.69 Å². The number of hydrogen-bond acceptors (Lipinski definition) is 3. The van der Waals surface area contributed by atoms with Gasteiger partial charge in [-0.25, -0.2) is 0 Å². The van der Waals surface area contributed by atoms with Crippen LogP contribution < -0.4 is 16.0 Å². The molecule has 0 saturated heterocycles. The first-order valence-corrected chi connectivity index (χ1v) is 8.40. The molecule has 0 aliphatic carbocycles. The van der Waals surface area contributed by atoms with E-state index in [1.54, 1.807) is 13.2 Å². The lowest BCUT2D eigenvalue weighted by atomic mass is 9.90. The van der Waals surface area contributed by atoms with Crippen LogP contribution in [-0.2, 0) is 6.42 Å². The monoisotopic (exact) mass is 339 g/mol. The minimum atomic E-state index is -0.0320. The lowest BCUT2D eigenvalue weighted by Gasteiger charge is -2.17. The maximum Gasteiger partial charge on any atom is 0.251 e. The second-order valence-electron chi connectivity index (χ2n) is 5.73. The number of nitrogens with two attached hydrogens (primary N) is 1. The number of carbonyl (C=O) groups is 1. The number of nitrogens with one attached hydrogen (secondary N) is 1. The van der Waals surface area contributed by atoms with Crippen molar-refractivity contribution in [3.8, 4) is 0 Å². The van der Waals surface area contributed by atoms with Crippen molar-refractivity contribution in [2.75, 3.05) is 26.0 Å². The molecule has 2 aromatic rings. The van der Waals surface area contributed by atoms with E-state index in [1.165, 1.54) is 12.6 Å². The van der Waals surface area contributed by atoms with Crippen LogP contribution >= 0.6 is 0 Å². The molecule has 0 spiro atoms. The van der Waals surface area contributed by atoms with Gasteiger partial charge in [0.15, 0.2) is 0 Å². The predicted octanol–water partition coefficient (Wildman–Crippen LogP) is 3.55. The smallest absolute Gasteiger partial charge is 0.251 e. The minimum absolute atomic E-state index is 0.0320. The summed E-state index contributed by atoms with van der Waals surface area (Å²) < 4.78 is 0. The molecule has 0 radical (unpaired) electrons. The molecule has 2 rings (SSSR count). The summed E-state index contributed by atoms with van der Waals surface area (Å²) in [4.78, 5) is 14.0. The van der Waals surface area contributed by atoms with Crippen molar-refractivity contribution >= 4 is 11.6 Å². The molecule has 0 bridgehead atoms. The quantitative estimate of drug-likeness (QED) is 0.846. The van der Waals surface area contributed by atoms with E-state index >= 15 is 0 Å². The SMILES string of the molecule is C=CN(C)c1ccc(CC(C)c2ccccc2C(=O)NC)cc1.CN. The first-order chi connectivity index (χ1) is 12.1. The van der Waals surface area contributed by atoms with Crippen molar-refractivity contribution in [1.82, 2.24) is 5.32 Å². The second kappa shape index (κ2) is 10.3. The fourth-order valence-electron chi connectivity index (χ4n) is 2.70. The maximum absolute atomic E-state index is 12.0. The Hall–Kier alpha value is -2.59. The molecule has 4 heteroatoms. The van der Waals surface area contributed by atoms with Gasteiger partial charge in [-0.1, -0.05) is 43.8 Å². The molecule has 134 valence electrons. The van der Waals surface area contributed by atoms with Crippen LogP contribution in [-0.4, -0.2) is 27.1 Å². The minimum Gasteiger partial charge on any atom is -0.355 e. The lowest BCUT2D eigenvalue weighted by Crippen LogP contribution is -2.20. The molecule has 0 aromatic heterocycles. The van der Waals surface area contributed by atoms with Gasteiger partial charge in [-0.15, -0.1) is 0 Å². The summed E-state index contributed by atoms with van der Waals surface area (Å²) in [5.41, 5.74) is 8.71. The van der Waals surface area contributed by atoms with Gasteiger partial charge in [0.05, 0.1) is 0 Å². The van der Waals surface area contributed by atoms with Gasteiger partial charge in [-0.3, -0.25) is 4.79 Å². The Balaban J connectivity index is 0.00000151. The molecule has 1 unspecified atom stereocenters. The van der Waals surface area contributed by atoms with E-state index in [9.17, 15) is 4.79 Å². The molecule has 25 heavy (non-hydrogen) atoms. The molecule has 0 aliphatic rings. The average Bonchev–Trinajstić information content (AvgIpc) is 2.68. The molecule has 2 aromatic carbocycles. The fourth-order valence-corrected chi connectivity index (χ4v) is 2.70. The molecular weight excluding hydrogens is 310 g/mol. The maximum atomic E-state index is 12.0. The van der Waals surface area contributed by atoms with Gasteiger partial charge in [0.25, 0.3) is 5.91 Å². The molecule has 1 atom stereocenters. The van der Waals surface area contributed by atoms with Gasteiger partial charge in [-0.05, 0) is 54.9 Å². The third kappa shape index (κ3) is 5.47. The zero-order valence-corrected chi connectivity index (χ0v) is 15.6. The highest BCUT2D eigenvalue weighted by molar-refractivity contribution is 5.95. The van der Waals surface area contributed by atoms with Gasteiger partial charge in [-0.2, -0.15) is 0 Å². The molecule has 3 N–H and O–H groups in total. The van der Waals surface area contributed by atoms with Crippen LogP contribution in [0.25, 0.3) is 0 Å². The number of nitrogens with zero attached hydrogens (tertiary/aromatic N) is 1. The highest BCUT2D eigenvalue weighted by Crippen LogP contribution is 2.25. The van der Waals surface area contributed by atoms with Crippen LogP contribution in [0.3, 0.4) is 0 Å². The van der Waals surface area contributed by atoms with Crippen molar-refractivity contribution in [1.29, 1.82) is 0 Å². The van der Waals surface area contributed by atoms with E-state index in [1.807, 2.05) is 36.2 Å². The van der Waals surface area contributed by atoms with Crippen LogP contribution in [0.2, 0.25) is 0 Å². The van der Waals surface area contributed by atoms with E-state index in [0.717, 1.165) is 23.2 Å². The Morgan fingerprint density at radius 2 is 1.80 bits per heavy atom. The Morgan fingerprint density at radius 3 is 2.36 bits per heavy atom. The van der Waals surface area contributed by atoms with E-state index in [-0.39, 0.29) is 11.8 Å². The molecule has 4 nitrogen and oxygen atoms in total. The molecule has 1 amide bonds. The van der Waals surface area contributed by atoms with Crippen LogP contribution in [0.5, 0.6) is 0 Å². The van der Waals surface area contributed by atoms with Gasteiger partial charge < -0.3 is 16.0 Å². The standard InChI is InChI=1S/C20H24N2O.CH5N/c1-5-22(4)17-12-10-16(11-13-17)14-15(2)18-8-6-7-9-19(18)20(23)21-3;1-2/h5-13,15H,1,14H2,2-4H3,(H,21,23);2H2,1H3. The normalized spacial score (nSPS) is 10.9. The molecule has 0 aliphatic heterocycles. The topological polar surface area (TPSA) is 58.4 Å². The van der Waals surface area contributed by atoms with Crippen molar-refractivity contribution in [3.05, 3.63) is 78.0 Å². The molecule has 0 saturated carbocycles. The zero-order valence-electron chi connectivity index (χ0n) is 15.6. The lowest BCUT2D eigenvalue weighted by molar-refractivity contribution is 0.0961. The van der Waals surface area contributed by atoms with Crippen molar-refractivity contribution in [2.24, 2.45) is 5.73 Å². The van der Waals surface area contributed by atoms with Crippen LogP contribution in [0.1, 0.15) is 34.3 Å². The highest BCUT2D eigenvalue weighted by atomic mass is 16.1. The van der Waals surface area contributed by atoms with Gasteiger partial charge in [0, 0.05) is 25.3 Å². The summed E-state index contributed by atoms with van der Waals surface area (Å²) in [5.74, 6) is 0.238. The van der Waals surface area contributed by atoms with Crippen molar-refractivity contribution in [2.45, 2.75) is 19.3 Å². The van der Waals surface area contributed by atoms with Crippen LogP contribution in [0, 0.1) is 0 Å². The van der Waals surface area contributed by atoms with E-state index < -0.39 is 0 Å². The number of carbonyl (C=O) groups excluding carboxylic acids is 1. The predicted molar refractivity (Wildman–Crippen MR) is 107 cm³/mol. The summed E-state index contributed by atoms with van der Waals surface area (Å²) in [5, 5.41) is 2.71. The third-order valence-electron chi connectivity index (χ3n) is 4.12. The third-order valence-corrected chi connectivity index (χ3v) is 4.12. The van der Waals surface area contributed by atoms with Crippen LogP contribution in [0.15, 0.2) is 61.3 Å². The highest BCUT2D eigenvalue weighted by Gasteiger charge is 2.15. The largest absolute Gasteiger partial charge is 0.355 e. The Kier molecular flexibility index (Phi) is 8.44. The Bertz CT molecular complexity index is 680. The number of amides is 1. The van der Waals surface area contributed by atoms with Gasteiger partial charge in [0.2, 0.25) is 0 Å². The van der Waals surface area contributed by atoms with E-state index in [2.05, 4.69) is 48.8 Å². The number of anilines is 1. The summed E-state index contributed by atoms with van der Waals surface area (Å²) in [7, 11) is 5.14. The molecular formula is C21H29N3O. The number of benzene rings is 2. The summed E-state index contributed by atoms with van der Waals surface area (Å²) in [6, 6.07) is 16.3. The molecule has 0 fully saturated rings. The Morgan fingerprint density at radius 1 is 1.20 bits per heavy atom. The summed E-state index contributed by atoms with van der Waals surface area (Å²) in [6.45, 7) is 5.93. The summed E-state index contributed by atoms with van der Waals surface area (Å²) in [6.07, 6.45) is 2.68. The number of hydrogen-bond donors (Lipinski definition) is 2. The first-order valence-electron chi connectivity index (χ1n) is 8.40. The fraction of sp³-hybridized carbons (Fsp3) is 0.286. The zero-order chi connectivity index (χ0) is 18.8. The first kappa shape index (κ1) is 20.5. The second-order valence-corrected chi connectivity index (χ2v) is 5.73. The van der Waals surface area contributed by atoms with E-state index in [0.29, 0.717) is 0 Å². The molecule has 0 heterocycles. The van der Waals surface area contributed by atoms with Gasteiger partial charge in [0.1, 0.15) is 0 Å². The van der Waals surface area contributed by atoms with Crippen molar-refractivity contribution in [3.63, 3.8) is 0 Å². The summed E-state index contributed by atoms with van der Waals surface area (Å²) >= 11 is 0.